The molecule has 0 spiro atoms. The molecule has 0 atom stereocenters. The molecule has 4 heteroatoms. The van der Waals surface area contributed by atoms with Gasteiger partial charge in [0.15, 0.2) is 0 Å². The zero-order chi connectivity index (χ0) is 14.4. The van der Waals surface area contributed by atoms with Crippen LogP contribution in [0.1, 0.15) is 36.5 Å². The summed E-state index contributed by atoms with van der Waals surface area (Å²) in [6.07, 6.45) is 0.822. The smallest absolute Gasteiger partial charge is 0.314 e. The molecule has 0 aliphatic carbocycles. The normalized spacial score (nSPS) is 10.4. The summed E-state index contributed by atoms with van der Waals surface area (Å²) in [5.41, 5.74) is 3.66. The van der Waals surface area contributed by atoms with Gasteiger partial charge >= 0.3 is 6.03 Å². The summed E-state index contributed by atoms with van der Waals surface area (Å²) in [6.45, 7) is 7.01. The van der Waals surface area contributed by atoms with Crippen molar-refractivity contribution in [3.63, 3.8) is 0 Å². The van der Waals surface area contributed by atoms with Gasteiger partial charge in [-0.05, 0) is 42.0 Å². The molecule has 2 N–H and O–H groups in total. The summed E-state index contributed by atoms with van der Waals surface area (Å²) >= 11 is 0. The van der Waals surface area contributed by atoms with Gasteiger partial charge in [-0.25, -0.2) is 4.79 Å². The van der Waals surface area contributed by atoms with E-state index >= 15 is 0 Å². The highest BCUT2D eigenvalue weighted by Gasteiger charge is 2.11. The molecule has 0 saturated carbocycles. The second-order valence-corrected chi connectivity index (χ2v) is 4.93. The van der Waals surface area contributed by atoms with E-state index in [1.54, 1.807) is 14.2 Å². The molecule has 106 valence electrons. The third kappa shape index (κ3) is 4.16. The first-order valence-electron chi connectivity index (χ1n) is 6.62. The van der Waals surface area contributed by atoms with E-state index in [1.807, 2.05) is 0 Å². The molecule has 0 fully saturated rings. The summed E-state index contributed by atoms with van der Waals surface area (Å²) in [5.74, 6) is 1.36. The number of carbonyl (C=O) groups is 1. The quantitative estimate of drug-likeness (QED) is 0.859. The van der Waals surface area contributed by atoms with Crippen LogP contribution < -0.4 is 15.4 Å². The maximum atomic E-state index is 11.1. The highest BCUT2D eigenvalue weighted by molar-refractivity contribution is 5.73. The minimum Gasteiger partial charge on any atom is -0.496 e. The molecule has 1 aromatic carbocycles. The van der Waals surface area contributed by atoms with E-state index in [1.165, 1.54) is 16.7 Å². The van der Waals surface area contributed by atoms with E-state index < -0.39 is 0 Å². The van der Waals surface area contributed by atoms with Gasteiger partial charge in [-0.1, -0.05) is 19.9 Å². The third-order valence-electron chi connectivity index (χ3n) is 3.22. The molecule has 0 saturated heterocycles. The molecular weight excluding hydrogens is 240 g/mol. The first-order chi connectivity index (χ1) is 8.99. The lowest BCUT2D eigenvalue weighted by molar-refractivity contribution is 0.243. The third-order valence-corrected chi connectivity index (χ3v) is 3.22. The summed E-state index contributed by atoms with van der Waals surface area (Å²) in [4.78, 5) is 11.1. The van der Waals surface area contributed by atoms with Crippen molar-refractivity contribution in [3.05, 3.63) is 28.8 Å². The lowest BCUT2D eigenvalue weighted by Gasteiger charge is -2.16. The second-order valence-electron chi connectivity index (χ2n) is 4.93. The van der Waals surface area contributed by atoms with Crippen LogP contribution in [0, 0.1) is 6.92 Å². The van der Waals surface area contributed by atoms with Gasteiger partial charge in [0, 0.05) is 13.6 Å². The number of benzene rings is 1. The Morgan fingerprint density at radius 2 is 2.05 bits per heavy atom. The molecule has 0 aliphatic rings. The largest absolute Gasteiger partial charge is 0.496 e. The van der Waals surface area contributed by atoms with Crippen molar-refractivity contribution in [2.24, 2.45) is 0 Å². The minimum absolute atomic E-state index is 0.143. The number of hydrogen-bond acceptors (Lipinski definition) is 2. The average Bonchev–Trinajstić information content (AvgIpc) is 2.39. The zero-order valence-electron chi connectivity index (χ0n) is 12.5. The minimum atomic E-state index is -0.143. The number of rotatable bonds is 5. The first kappa shape index (κ1) is 15.3. The van der Waals surface area contributed by atoms with Crippen LogP contribution in [0.25, 0.3) is 0 Å². The standard InChI is InChI=1S/C15H24N2O2/c1-10(2)13-9-12(6-7-17-15(18)16-4)11(3)8-14(13)19-5/h8-10H,6-7H2,1-5H3,(H2,16,17,18). The molecule has 0 unspecified atom stereocenters. The zero-order valence-corrected chi connectivity index (χ0v) is 12.5. The molecule has 1 aromatic rings. The van der Waals surface area contributed by atoms with Crippen molar-refractivity contribution in [2.45, 2.75) is 33.1 Å². The fourth-order valence-corrected chi connectivity index (χ4v) is 2.04. The van der Waals surface area contributed by atoms with Crippen molar-refractivity contribution in [3.8, 4) is 5.75 Å². The van der Waals surface area contributed by atoms with Crippen LogP contribution in [0.3, 0.4) is 0 Å². The number of methoxy groups -OCH3 is 1. The monoisotopic (exact) mass is 264 g/mol. The maximum Gasteiger partial charge on any atom is 0.314 e. The molecule has 0 bridgehead atoms. The predicted molar refractivity (Wildman–Crippen MR) is 78.0 cm³/mol. The second kappa shape index (κ2) is 7.02. The maximum absolute atomic E-state index is 11.1. The van der Waals surface area contributed by atoms with E-state index in [9.17, 15) is 4.79 Å². The molecule has 0 aliphatic heterocycles. The summed E-state index contributed by atoms with van der Waals surface area (Å²) < 4.78 is 5.42. The number of nitrogens with one attached hydrogen (secondary N) is 2. The molecule has 0 radical (unpaired) electrons. The molecule has 2 amide bonds. The van der Waals surface area contributed by atoms with E-state index in [-0.39, 0.29) is 6.03 Å². The molecule has 0 heterocycles. The summed E-state index contributed by atoms with van der Waals surface area (Å²) in [5, 5.41) is 5.35. The Bertz CT molecular complexity index is 442. The van der Waals surface area contributed by atoms with Crippen LogP contribution >= 0.6 is 0 Å². The van der Waals surface area contributed by atoms with Crippen molar-refractivity contribution >= 4 is 6.03 Å². The van der Waals surface area contributed by atoms with Gasteiger partial charge in [0.05, 0.1) is 7.11 Å². The summed E-state index contributed by atoms with van der Waals surface area (Å²) in [6, 6.07) is 4.12. The van der Waals surface area contributed by atoms with Gasteiger partial charge in [0.1, 0.15) is 5.75 Å². The molecule has 19 heavy (non-hydrogen) atoms. The van der Waals surface area contributed by atoms with Gasteiger partial charge in [-0.3, -0.25) is 0 Å². The highest BCUT2D eigenvalue weighted by Crippen LogP contribution is 2.29. The molecule has 0 aromatic heterocycles. The van der Waals surface area contributed by atoms with Crippen molar-refractivity contribution in [1.29, 1.82) is 0 Å². The van der Waals surface area contributed by atoms with Gasteiger partial charge in [-0.15, -0.1) is 0 Å². The van der Waals surface area contributed by atoms with E-state index in [0.29, 0.717) is 12.5 Å². The van der Waals surface area contributed by atoms with Crippen LogP contribution in [0.5, 0.6) is 5.75 Å². The SMILES string of the molecule is CNC(=O)NCCc1cc(C(C)C)c(OC)cc1C. The number of amides is 2. The number of aryl methyl sites for hydroxylation is 1. The Labute approximate surface area is 115 Å². The average molecular weight is 264 g/mol. The van der Waals surface area contributed by atoms with Crippen molar-refractivity contribution in [1.82, 2.24) is 10.6 Å². The van der Waals surface area contributed by atoms with Gasteiger partial charge < -0.3 is 15.4 Å². The van der Waals surface area contributed by atoms with Crippen LogP contribution in [0.4, 0.5) is 4.79 Å². The Hall–Kier alpha value is -1.71. The van der Waals surface area contributed by atoms with Gasteiger partial charge in [0.25, 0.3) is 0 Å². The summed E-state index contributed by atoms with van der Waals surface area (Å²) in [7, 11) is 3.32. The molecular formula is C15H24N2O2. The van der Waals surface area contributed by atoms with E-state index in [4.69, 9.17) is 4.74 Å². The van der Waals surface area contributed by atoms with Crippen molar-refractivity contribution < 1.29 is 9.53 Å². The lowest BCUT2D eigenvalue weighted by atomic mass is 9.95. The fourth-order valence-electron chi connectivity index (χ4n) is 2.04. The van der Waals surface area contributed by atoms with Crippen LogP contribution in [-0.2, 0) is 6.42 Å². The molecule has 1 rings (SSSR count). The highest BCUT2D eigenvalue weighted by atomic mass is 16.5. The topological polar surface area (TPSA) is 50.4 Å². The predicted octanol–water partition coefficient (Wildman–Crippen LogP) is 2.60. The van der Waals surface area contributed by atoms with Crippen LogP contribution in [0.2, 0.25) is 0 Å². The Kier molecular flexibility index (Phi) is 5.67. The lowest BCUT2D eigenvalue weighted by Crippen LogP contribution is -2.34. The van der Waals surface area contributed by atoms with E-state index in [0.717, 1.165) is 12.2 Å². The van der Waals surface area contributed by atoms with E-state index in [2.05, 4.69) is 43.5 Å². The number of urea groups is 1. The van der Waals surface area contributed by atoms with Crippen LogP contribution in [-0.4, -0.2) is 26.7 Å². The van der Waals surface area contributed by atoms with Gasteiger partial charge in [0.2, 0.25) is 0 Å². The number of carbonyl (C=O) groups excluding carboxylic acids is 1. The fraction of sp³-hybridized carbons (Fsp3) is 0.533. The molecule has 4 nitrogen and oxygen atoms in total. The van der Waals surface area contributed by atoms with Gasteiger partial charge in [-0.2, -0.15) is 0 Å². The number of ether oxygens (including phenoxy) is 1. The Morgan fingerprint density at radius 1 is 1.37 bits per heavy atom. The van der Waals surface area contributed by atoms with Crippen molar-refractivity contribution in [2.75, 3.05) is 20.7 Å². The Morgan fingerprint density at radius 3 is 2.58 bits per heavy atom. The Balaban J connectivity index is 2.83. The van der Waals surface area contributed by atoms with Crippen LogP contribution in [0.15, 0.2) is 12.1 Å². The number of hydrogen-bond donors (Lipinski definition) is 2. The first-order valence-corrected chi connectivity index (χ1v) is 6.62.